The molecule has 96 valence electrons. The molecule has 0 aliphatic carbocycles. The van der Waals surface area contributed by atoms with Crippen molar-refractivity contribution in [3.63, 3.8) is 0 Å². The Balaban J connectivity index is 3.34. The SMILES string of the molecule is COc1c(C(O)C(C)N)cccc1C(F)(F)F. The van der Waals surface area contributed by atoms with Gasteiger partial charge in [-0.25, -0.2) is 0 Å². The zero-order valence-electron chi connectivity index (χ0n) is 9.45. The molecule has 0 fully saturated rings. The lowest BCUT2D eigenvalue weighted by molar-refractivity contribution is -0.138. The van der Waals surface area contributed by atoms with E-state index in [9.17, 15) is 18.3 Å². The van der Waals surface area contributed by atoms with E-state index in [-0.39, 0.29) is 11.3 Å². The van der Waals surface area contributed by atoms with Crippen molar-refractivity contribution in [2.24, 2.45) is 5.73 Å². The van der Waals surface area contributed by atoms with E-state index in [2.05, 4.69) is 0 Å². The first-order valence-electron chi connectivity index (χ1n) is 4.96. The van der Waals surface area contributed by atoms with E-state index in [4.69, 9.17) is 10.5 Å². The van der Waals surface area contributed by atoms with Crippen LogP contribution in [-0.2, 0) is 6.18 Å². The second-order valence-corrected chi connectivity index (χ2v) is 3.73. The molecular formula is C11H14F3NO2. The van der Waals surface area contributed by atoms with Gasteiger partial charge in [-0.3, -0.25) is 0 Å². The summed E-state index contributed by atoms with van der Waals surface area (Å²) in [6.07, 6.45) is -5.73. The van der Waals surface area contributed by atoms with Crippen molar-refractivity contribution in [1.82, 2.24) is 0 Å². The maximum Gasteiger partial charge on any atom is 0.419 e. The van der Waals surface area contributed by atoms with Gasteiger partial charge in [0.05, 0.1) is 18.8 Å². The Labute approximate surface area is 97.0 Å². The summed E-state index contributed by atoms with van der Waals surface area (Å²) in [4.78, 5) is 0. The molecule has 3 nitrogen and oxygen atoms in total. The number of para-hydroxylation sites is 1. The second-order valence-electron chi connectivity index (χ2n) is 3.73. The lowest BCUT2D eigenvalue weighted by Crippen LogP contribution is -2.25. The maximum absolute atomic E-state index is 12.7. The molecular weight excluding hydrogens is 235 g/mol. The summed E-state index contributed by atoms with van der Waals surface area (Å²) in [7, 11) is 1.13. The summed E-state index contributed by atoms with van der Waals surface area (Å²) in [6.45, 7) is 1.50. The molecule has 0 saturated carbocycles. The molecule has 17 heavy (non-hydrogen) atoms. The predicted molar refractivity (Wildman–Crippen MR) is 56.6 cm³/mol. The number of aliphatic hydroxyl groups excluding tert-OH is 1. The van der Waals surface area contributed by atoms with Crippen LogP contribution in [0.1, 0.15) is 24.2 Å². The Morgan fingerprint density at radius 2 is 1.94 bits per heavy atom. The van der Waals surface area contributed by atoms with Crippen LogP contribution in [0.3, 0.4) is 0 Å². The average Bonchev–Trinajstić information content (AvgIpc) is 2.25. The molecule has 0 bridgehead atoms. The van der Waals surface area contributed by atoms with Gasteiger partial charge in [-0.05, 0) is 13.0 Å². The van der Waals surface area contributed by atoms with Crippen molar-refractivity contribution in [2.45, 2.75) is 25.2 Å². The molecule has 2 atom stereocenters. The van der Waals surface area contributed by atoms with Crippen LogP contribution in [0.15, 0.2) is 18.2 Å². The highest BCUT2D eigenvalue weighted by Gasteiger charge is 2.36. The Morgan fingerprint density at radius 3 is 2.35 bits per heavy atom. The number of hydrogen-bond acceptors (Lipinski definition) is 3. The molecule has 3 N–H and O–H groups in total. The molecule has 1 aromatic rings. The van der Waals surface area contributed by atoms with Gasteiger partial charge in [0.25, 0.3) is 0 Å². The van der Waals surface area contributed by atoms with Gasteiger partial charge in [-0.1, -0.05) is 12.1 Å². The first-order valence-corrected chi connectivity index (χ1v) is 4.96. The Hall–Kier alpha value is -1.27. The number of alkyl halides is 3. The molecule has 0 saturated heterocycles. The fraction of sp³-hybridized carbons (Fsp3) is 0.455. The van der Waals surface area contributed by atoms with E-state index in [1.165, 1.54) is 19.1 Å². The first-order chi connectivity index (χ1) is 7.79. The van der Waals surface area contributed by atoms with Gasteiger partial charge in [0.2, 0.25) is 0 Å². The van der Waals surface area contributed by atoms with Crippen LogP contribution in [0.4, 0.5) is 13.2 Å². The quantitative estimate of drug-likeness (QED) is 0.862. The lowest BCUT2D eigenvalue weighted by atomic mass is 10.00. The Morgan fingerprint density at radius 1 is 1.35 bits per heavy atom. The van der Waals surface area contributed by atoms with Crippen LogP contribution in [0.25, 0.3) is 0 Å². The monoisotopic (exact) mass is 249 g/mol. The van der Waals surface area contributed by atoms with Gasteiger partial charge in [-0.2, -0.15) is 13.2 Å². The highest BCUT2D eigenvalue weighted by atomic mass is 19.4. The number of rotatable bonds is 3. The summed E-state index contributed by atoms with van der Waals surface area (Å²) in [5, 5.41) is 9.73. The van der Waals surface area contributed by atoms with E-state index in [0.29, 0.717) is 0 Å². The van der Waals surface area contributed by atoms with Crippen LogP contribution < -0.4 is 10.5 Å². The molecule has 0 amide bonds. The molecule has 0 heterocycles. The van der Waals surface area contributed by atoms with E-state index in [0.717, 1.165) is 13.2 Å². The molecule has 0 aliphatic heterocycles. The molecule has 2 unspecified atom stereocenters. The minimum atomic E-state index is -4.53. The molecule has 1 aromatic carbocycles. The van der Waals surface area contributed by atoms with Gasteiger partial charge in [0, 0.05) is 11.6 Å². The summed E-state index contributed by atoms with van der Waals surface area (Å²) < 4.78 is 42.8. The number of halogens is 3. The van der Waals surface area contributed by atoms with Gasteiger partial charge in [-0.15, -0.1) is 0 Å². The van der Waals surface area contributed by atoms with Gasteiger partial charge < -0.3 is 15.6 Å². The van der Waals surface area contributed by atoms with Crippen molar-refractivity contribution in [1.29, 1.82) is 0 Å². The van der Waals surface area contributed by atoms with Crippen molar-refractivity contribution in [3.05, 3.63) is 29.3 Å². The number of benzene rings is 1. The van der Waals surface area contributed by atoms with Crippen LogP contribution in [-0.4, -0.2) is 18.3 Å². The lowest BCUT2D eigenvalue weighted by Gasteiger charge is -2.20. The number of hydrogen-bond donors (Lipinski definition) is 2. The maximum atomic E-state index is 12.7. The second kappa shape index (κ2) is 4.93. The number of ether oxygens (including phenoxy) is 1. The summed E-state index contributed by atoms with van der Waals surface area (Å²) >= 11 is 0. The van der Waals surface area contributed by atoms with Gasteiger partial charge in [0.15, 0.2) is 0 Å². The topological polar surface area (TPSA) is 55.5 Å². The largest absolute Gasteiger partial charge is 0.496 e. The molecule has 0 radical (unpaired) electrons. The molecule has 0 spiro atoms. The van der Waals surface area contributed by atoms with E-state index < -0.39 is 23.9 Å². The molecule has 6 heteroatoms. The summed E-state index contributed by atoms with van der Waals surface area (Å²) in [5.41, 5.74) is 4.58. The normalized spacial score (nSPS) is 15.5. The van der Waals surface area contributed by atoms with E-state index in [1.54, 1.807) is 0 Å². The van der Waals surface area contributed by atoms with E-state index >= 15 is 0 Å². The summed E-state index contributed by atoms with van der Waals surface area (Å²) in [5.74, 6) is -0.384. The average molecular weight is 249 g/mol. The number of aliphatic hydroxyl groups is 1. The third-order valence-corrected chi connectivity index (χ3v) is 2.37. The van der Waals surface area contributed by atoms with Crippen molar-refractivity contribution < 1.29 is 23.0 Å². The fourth-order valence-corrected chi connectivity index (χ4v) is 1.52. The smallest absolute Gasteiger partial charge is 0.419 e. The highest BCUT2D eigenvalue weighted by molar-refractivity contribution is 5.44. The van der Waals surface area contributed by atoms with Crippen molar-refractivity contribution in [2.75, 3.05) is 7.11 Å². The zero-order chi connectivity index (χ0) is 13.2. The Bertz CT molecular complexity index is 391. The Kier molecular flexibility index (Phi) is 4.00. The third kappa shape index (κ3) is 2.89. The highest BCUT2D eigenvalue weighted by Crippen LogP contribution is 2.40. The molecule has 1 rings (SSSR count). The minimum absolute atomic E-state index is 0.0392. The van der Waals surface area contributed by atoms with Crippen LogP contribution in [0.2, 0.25) is 0 Å². The van der Waals surface area contributed by atoms with Crippen molar-refractivity contribution in [3.8, 4) is 5.75 Å². The zero-order valence-corrected chi connectivity index (χ0v) is 9.45. The summed E-state index contributed by atoms with van der Waals surface area (Å²) in [6, 6.07) is 2.79. The molecule has 0 aromatic heterocycles. The van der Waals surface area contributed by atoms with Gasteiger partial charge >= 0.3 is 6.18 Å². The third-order valence-electron chi connectivity index (χ3n) is 2.37. The predicted octanol–water partition coefficient (Wildman–Crippen LogP) is 2.09. The van der Waals surface area contributed by atoms with Crippen LogP contribution >= 0.6 is 0 Å². The van der Waals surface area contributed by atoms with Crippen LogP contribution in [0, 0.1) is 0 Å². The van der Waals surface area contributed by atoms with E-state index in [1.807, 2.05) is 0 Å². The van der Waals surface area contributed by atoms with Gasteiger partial charge in [0.1, 0.15) is 5.75 Å². The van der Waals surface area contributed by atoms with Crippen LogP contribution in [0.5, 0.6) is 5.75 Å². The fourth-order valence-electron chi connectivity index (χ4n) is 1.52. The first kappa shape index (κ1) is 13.8. The number of nitrogens with two attached hydrogens (primary N) is 1. The van der Waals surface area contributed by atoms with Crippen molar-refractivity contribution >= 4 is 0 Å². The standard InChI is InChI=1S/C11H14F3NO2/c1-6(15)9(16)7-4-3-5-8(10(7)17-2)11(12,13)14/h3-6,9,16H,15H2,1-2H3. The molecule has 0 aliphatic rings. The minimum Gasteiger partial charge on any atom is -0.496 e. The number of methoxy groups -OCH3 is 1.